The highest BCUT2D eigenvalue weighted by Crippen LogP contribution is 2.29. The van der Waals surface area contributed by atoms with Gasteiger partial charge in [0.05, 0.1) is 18.3 Å². The first kappa shape index (κ1) is 14.2. The van der Waals surface area contributed by atoms with E-state index in [9.17, 15) is 9.90 Å². The summed E-state index contributed by atoms with van der Waals surface area (Å²) in [5.74, 6) is 0.00696. The van der Waals surface area contributed by atoms with Gasteiger partial charge in [-0.25, -0.2) is 0 Å². The fourth-order valence-corrected chi connectivity index (χ4v) is 2.25. The van der Waals surface area contributed by atoms with Crippen molar-refractivity contribution in [3.8, 4) is 0 Å². The van der Waals surface area contributed by atoms with Crippen molar-refractivity contribution in [2.24, 2.45) is 0 Å². The lowest BCUT2D eigenvalue weighted by Crippen LogP contribution is -2.25. The summed E-state index contributed by atoms with van der Waals surface area (Å²) >= 11 is 3.09. The number of nitrogens with zero attached hydrogens (tertiary/aromatic N) is 2. The van der Waals surface area contributed by atoms with Crippen molar-refractivity contribution in [1.29, 1.82) is 0 Å². The first-order chi connectivity index (χ1) is 9.06. The first-order valence-corrected chi connectivity index (χ1v) is 6.58. The van der Waals surface area contributed by atoms with E-state index < -0.39 is 24.0 Å². The Balaban J connectivity index is 2.35. The summed E-state index contributed by atoms with van der Waals surface area (Å²) in [4.78, 5) is 16.8. The lowest BCUT2D eigenvalue weighted by Gasteiger charge is -2.17. The molecule has 8 heteroatoms. The standard InChI is InChI=1S/C11H14BrN3O4/c12-2-1-6-4-15(11(13)14-10(6)18)9-3-7(17)8(5-16)19-9/h1-2,4,7-9,16-17H,3,5H2,(H2,13,14,18)/b2-1+/t7-,8+,9+/m0/s1. The van der Waals surface area contributed by atoms with E-state index in [2.05, 4.69) is 20.9 Å². The fourth-order valence-electron chi connectivity index (χ4n) is 1.96. The molecule has 19 heavy (non-hydrogen) atoms. The van der Waals surface area contributed by atoms with Gasteiger partial charge in [0.2, 0.25) is 5.95 Å². The van der Waals surface area contributed by atoms with Crippen LogP contribution in [0.3, 0.4) is 0 Å². The summed E-state index contributed by atoms with van der Waals surface area (Å²) in [5, 5.41) is 18.7. The van der Waals surface area contributed by atoms with E-state index in [1.165, 1.54) is 15.7 Å². The molecule has 0 aromatic carbocycles. The molecule has 0 aliphatic carbocycles. The molecule has 0 amide bonds. The summed E-state index contributed by atoms with van der Waals surface area (Å²) in [6, 6.07) is 0. The third kappa shape index (κ3) is 2.86. The van der Waals surface area contributed by atoms with E-state index >= 15 is 0 Å². The minimum absolute atomic E-state index is 0.00696. The monoisotopic (exact) mass is 331 g/mol. The van der Waals surface area contributed by atoms with Crippen LogP contribution in [-0.4, -0.2) is 38.6 Å². The van der Waals surface area contributed by atoms with Crippen molar-refractivity contribution in [1.82, 2.24) is 9.55 Å². The summed E-state index contributed by atoms with van der Waals surface area (Å²) < 4.78 is 6.94. The van der Waals surface area contributed by atoms with E-state index in [-0.39, 0.29) is 19.0 Å². The van der Waals surface area contributed by atoms with Crippen LogP contribution < -0.4 is 11.3 Å². The highest BCUT2D eigenvalue weighted by molar-refractivity contribution is 9.11. The Kier molecular flexibility index (Phi) is 4.35. The largest absolute Gasteiger partial charge is 0.394 e. The Bertz CT molecular complexity index is 545. The molecule has 104 valence electrons. The van der Waals surface area contributed by atoms with Crippen LogP contribution in [0, 0.1) is 0 Å². The summed E-state index contributed by atoms with van der Waals surface area (Å²) in [5.41, 5.74) is 5.59. The van der Waals surface area contributed by atoms with Gasteiger partial charge < -0.3 is 20.7 Å². The number of aliphatic hydroxyl groups is 2. The Morgan fingerprint density at radius 1 is 1.68 bits per heavy atom. The molecular weight excluding hydrogens is 318 g/mol. The lowest BCUT2D eigenvalue weighted by atomic mass is 10.2. The molecule has 1 saturated heterocycles. The van der Waals surface area contributed by atoms with Crippen molar-refractivity contribution in [2.45, 2.75) is 24.9 Å². The number of ether oxygens (including phenoxy) is 1. The summed E-state index contributed by atoms with van der Waals surface area (Å²) in [6.07, 6.45) is 1.35. The van der Waals surface area contributed by atoms with Crippen LogP contribution in [0.15, 0.2) is 16.0 Å². The van der Waals surface area contributed by atoms with E-state index in [1.807, 2.05) is 0 Å². The van der Waals surface area contributed by atoms with Crippen LogP contribution in [0.25, 0.3) is 6.08 Å². The van der Waals surface area contributed by atoms with Crippen LogP contribution in [0.2, 0.25) is 0 Å². The molecule has 4 N–H and O–H groups in total. The lowest BCUT2D eigenvalue weighted by molar-refractivity contribution is -0.0440. The second kappa shape index (κ2) is 5.83. The van der Waals surface area contributed by atoms with Crippen molar-refractivity contribution in [3.63, 3.8) is 0 Å². The molecule has 1 fully saturated rings. The third-order valence-electron chi connectivity index (χ3n) is 2.94. The quantitative estimate of drug-likeness (QED) is 0.709. The van der Waals surface area contributed by atoms with Crippen molar-refractivity contribution in [3.05, 3.63) is 27.1 Å². The van der Waals surface area contributed by atoms with E-state index in [4.69, 9.17) is 15.6 Å². The van der Waals surface area contributed by atoms with Crippen molar-refractivity contribution in [2.75, 3.05) is 12.3 Å². The summed E-state index contributed by atoms with van der Waals surface area (Å²) in [6.45, 7) is -0.278. The molecule has 3 atom stereocenters. The smallest absolute Gasteiger partial charge is 0.281 e. The van der Waals surface area contributed by atoms with Gasteiger partial charge in [0.1, 0.15) is 12.3 Å². The number of nitrogens with two attached hydrogens (primary N) is 1. The van der Waals surface area contributed by atoms with Crippen LogP contribution in [0.5, 0.6) is 0 Å². The van der Waals surface area contributed by atoms with E-state index in [1.54, 1.807) is 6.08 Å². The molecule has 2 rings (SSSR count). The second-order valence-corrected chi connectivity index (χ2v) is 4.70. The number of aliphatic hydroxyl groups excluding tert-OH is 2. The molecular formula is C11H14BrN3O4. The minimum atomic E-state index is -0.774. The molecule has 0 bridgehead atoms. The Hall–Kier alpha value is -1.22. The highest BCUT2D eigenvalue weighted by Gasteiger charge is 2.35. The number of rotatable bonds is 3. The third-order valence-corrected chi connectivity index (χ3v) is 3.21. The predicted molar refractivity (Wildman–Crippen MR) is 72.5 cm³/mol. The molecule has 0 spiro atoms. The number of hydrogen-bond acceptors (Lipinski definition) is 6. The normalized spacial score (nSPS) is 27.2. The molecule has 2 heterocycles. The molecule has 1 aliphatic rings. The topological polar surface area (TPSA) is 111 Å². The minimum Gasteiger partial charge on any atom is -0.394 e. The Morgan fingerprint density at radius 2 is 2.42 bits per heavy atom. The Labute approximate surface area is 117 Å². The van der Waals surface area contributed by atoms with Crippen LogP contribution >= 0.6 is 15.9 Å². The van der Waals surface area contributed by atoms with Gasteiger partial charge in [0.25, 0.3) is 5.56 Å². The van der Waals surface area contributed by atoms with Gasteiger partial charge in [-0.05, 0) is 11.1 Å². The van der Waals surface area contributed by atoms with Crippen molar-refractivity contribution >= 4 is 28.0 Å². The fraction of sp³-hybridized carbons (Fsp3) is 0.455. The number of hydrogen-bond donors (Lipinski definition) is 3. The molecule has 7 nitrogen and oxygen atoms in total. The molecule has 0 saturated carbocycles. The van der Waals surface area contributed by atoms with Gasteiger partial charge in [-0.2, -0.15) is 4.98 Å². The first-order valence-electron chi connectivity index (χ1n) is 5.66. The van der Waals surface area contributed by atoms with Gasteiger partial charge in [-0.15, -0.1) is 0 Å². The molecule has 0 unspecified atom stereocenters. The zero-order valence-corrected chi connectivity index (χ0v) is 11.5. The van der Waals surface area contributed by atoms with Gasteiger partial charge >= 0.3 is 0 Å². The van der Waals surface area contributed by atoms with Crippen LogP contribution in [0.4, 0.5) is 5.95 Å². The average molecular weight is 332 g/mol. The maximum atomic E-state index is 11.6. The number of anilines is 1. The van der Waals surface area contributed by atoms with Crippen LogP contribution in [0.1, 0.15) is 18.2 Å². The van der Waals surface area contributed by atoms with Crippen LogP contribution in [-0.2, 0) is 4.74 Å². The maximum Gasteiger partial charge on any atom is 0.281 e. The van der Waals surface area contributed by atoms with Gasteiger partial charge in [-0.1, -0.05) is 15.9 Å². The van der Waals surface area contributed by atoms with Crippen molar-refractivity contribution < 1.29 is 14.9 Å². The number of aromatic nitrogens is 2. The average Bonchev–Trinajstić information content (AvgIpc) is 2.74. The molecule has 1 aromatic heterocycles. The zero-order valence-electron chi connectivity index (χ0n) is 9.94. The molecule has 1 aromatic rings. The molecule has 0 radical (unpaired) electrons. The van der Waals surface area contributed by atoms with Gasteiger partial charge in [0.15, 0.2) is 0 Å². The number of halogens is 1. The van der Waals surface area contributed by atoms with Gasteiger partial charge in [-0.3, -0.25) is 9.36 Å². The maximum absolute atomic E-state index is 11.6. The molecule has 1 aliphatic heterocycles. The number of nitrogen functional groups attached to an aromatic ring is 1. The second-order valence-electron chi connectivity index (χ2n) is 4.17. The van der Waals surface area contributed by atoms with E-state index in [0.29, 0.717) is 5.56 Å². The summed E-state index contributed by atoms with van der Waals surface area (Å²) in [7, 11) is 0. The highest BCUT2D eigenvalue weighted by atomic mass is 79.9. The SMILES string of the molecule is Nc1nc(=O)c(/C=C/Br)cn1[C@H]1C[C@H](O)[C@@H](CO)O1. The predicted octanol–water partition coefficient (Wildman–Crippen LogP) is -0.168. The van der Waals surface area contributed by atoms with E-state index in [0.717, 1.165) is 0 Å². The zero-order chi connectivity index (χ0) is 14.0. The van der Waals surface area contributed by atoms with Gasteiger partial charge in [0, 0.05) is 12.6 Å². The Morgan fingerprint density at radius 3 is 3.00 bits per heavy atom.